The van der Waals surface area contributed by atoms with Crippen molar-refractivity contribution >= 4 is 49.9 Å². The van der Waals surface area contributed by atoms with Gasteiger partial charge in [-0.05, 0) is 43.7 Å². The van der Waals surface area contributed by atoms with Crippen molar-refractivity contribution in [2.75, 3.05) is 25.0 Å². The van der Waals surface area contributed by atoms with E-state index in [2.05, 4.69) is 37.6 Å². The number of hydrogen-bond donors (Lipinski definition) is 2. The van der Waals surface area contributed by atoms with Crippen LogP contribution in [0.5, 0.6) is 5.75 Å². The lowest BCUT2D eigenvalue weighted by Gasteiger charge is -2.24. The molecule has 4 aromatic rings. The average Bonchev–Trinajstić information content (AvgIpc) is 3.59. The van der Waals surface area contributed by atoms with Crippen LogP contribution in [0.4, 0.5) is 11.5 Å². The van der Waals surface area contributed by atoms with E-state index in [0.717, 1.165) is 70.7 Å². The summed E-state index contributed by atoms with van der Waals surface area (Å²) in [6.45, 7) is 4.03. The molecule has 2 N–H and O–H groups in total. The maximum absolute atomic E-state index is 12.7. The first kappa shape index (κ1) is 21.1. The maximum atomic E-state index is 12.7. The van der Waals surface area contributed by atoms with Gasteiger partial charge in [0.25, 0.3) is 0 Å². The minimum Gasteiger partial charge on any atom is -0.492 e. The lowest BCUT2D eigenvalue weighted by atomic mass is 9.85. The molecule has 2 aliphatic rings. The summed E-state index contributed by atoms with van der Waals surface area (Å²) in [6, 6.07) is 4.00. The fraction of sp³-hybridized carbons (Fsp3) is 0.360. The van der Waals surface area contributed by atoms with Crippen molar-refractivity contribution < 1.29 is 9.53 Å². The van der Waals surface area contributed by atoms with E-state index >= 15 is 0 Å². The highest BCUT2D eigenvalue weighted by Crippen LogP contribution is 2.42. The van der Waals surface area contributed by atoms with E-state index in [4.69, 9.17) is 4.74 Å². The molecule has 4 heterocycles. The monoisotopic (exact) mass is 474 g/mol. The van der Waals surface area contributed by atoms with Crippen LogP contribution in [0.2, 0.25) is 0 Å². The van der Waals surface area contributed by atoms with Gasteiger partial charge >= 0.3 is 0 Å². The highest BCUT2D eigenvalue weighted by atomic mass is 32.1. The molecule has 9 heteroatoms. The first-order valence-electron chi connectivity index (χ1n) is 11.7. The summed E-state index contributed by atoms with van der Waals surface area (Å²) in [5.41, 5.74) is 3.10. The number of thiophene rings is 1. The molecule has 0 fully saturated rings. The van der Waals surface area contributed by atoms with Gasteiger partial charge in [-0.1, -0.05) is 12.2 Å². The summed E-state index contributed by atoms with van der Waals surface area (Å²) in [5, 5.41) is 12.8. The zero-order chi connectivity index (χ0) is 23.1. The van der Waals surface area contributed by atoms with Gasteiger partial charge in [0.15, 0.2) is 0 Å². The van der Waals surface area contributed by atoms with Crippen LogP contribution in [-0.2, 0) is 17.6 Å². The Balaban J connectivity index is 1.29. The first-order chi connectivity index (χ1) is 16.7. The summed E-state index contributed by atoms with van der Waals surface area (Å²) in [7, 11) is 0. The molecule has 34 heavy (non-hydrogen) atoms. The Labute approximate surface area is 201 Å². The fourth-order valence-corrected chi connectivity index (χ4v) is 6.28. The predicted octanol–water partition coefficient (Wildman–Crippen LogP) is 4.60. The number of fused-ring (bicyclic) bond motifs is 4. The molecule has 1 unspecified atom stereocenters. The summed E-state index contributed by atoms with van der Waals surface area (Å²) >= 11 is 1.73. The minimum atomic E-state index is 0.264. The highest BCUT2D eigenvalue weighted by molar-refractivity contribution is 7.19. The molecule has 1 aromatic carbocycles. The molecule has 0 bridgehead atoms. The number of benzene rings is 1. The van der Waals surface area contributed by atoms with Crippen molar-refractivity contribution in [1.29, 1.82) is 0 Å². The van der Waals surface area contributed by atoms with Gasteiger partial charge in [-0.2, -0.15) is 5.10 Å². The lowest BCUT2D eigenvalue weighted by Crippen LogP contribution is -2.31. The Morgan fingerprint density at radius 1 is 1.29 bits per heavy atom. The molecular formula is C25H26N6O2S. The fourth-order valence-electron chi connectivity index (χ4n) is 4.98. The summed E-state index contributed by atoms with van der Waals surface area (Å²) in [6.07, 6.45) is 11.0. The third-order valence-electron chi connectivity index (χ3n) is 6.67. The number of carbonyl (C=O) groups is 1. The number of anilines is 2. The van der Waals surface area contributed by atoms with Gasteiger partial charge in [-0.3, -0.25) is 9.89 Å². The van der Waals surface area contributed by atoms with E-state index in [1.165, 1.54) is 10.4 Å². The molecule has 0 radical (unpaired) electrons. The van der Waals surface area contributed by atoms with E-state index in [9.17, 15) is 4.79 Å². The van der Waals surface area contributed by atoms with Gasteiger partial charge in [-0.15, -0.1) is 11.3 Å². The van der Waals surface area contributed by atoms with Gasteiger partial charge in [-0.25, -0.2) is 9.97 Å². The number of nitrogens with zero attached hydrogens (tertiary/aromatic N) is 4. The quantitative estimate of drug-likeness (QED) is 0.397. The molecule has 3 aromatic heterocycles. The van der Waals surface area contributed by atoms with Gasteiger partial charge in [0, 0.05) is 35.8 Å². The van der Waals surface area contributed by atoms with Gasteiger partial charge in [0.2, 0.25) is 5.91 Å². The maximum Gasteiger partial charge on any atom is 0.223 e. The zero-order valence-corrected chi connectivity index (χ0v) is 19.8. The van der Waals surface area contributed by atoms with Crippen molar-refractivity contribution in [3.8, 4) is 5.75 Å². The number of rotatable bonds is 6. The second kappa shape index (κ2) is 8.72. The number of aromatic nitrogens is 4. The zero-order valence-electron chi connectivity index (χ0n) is 19.0. The third kappa shape index (κ3) is 3.79. The Morgan fingerprint density at radius 3 is 3.03 bits per heavy atom. The van der Waals surface area contributed by atoms with Crippen LogP contribution in [0.15, 0.2) is 36.8 Å². The van der Waals surface area contributed by atoms with Crippen LogP contribution < -0.4 is 10.1 Å². The van der Waals surface area contributed by atoms with Crippen molar-refractivity contribution in [2.24, 2.45) is 5.92 Å². The Morgan fingerprint density at radius 2 is 2.18 bits per heavy atom. The molecule has 1 aliphatic carbocycles. The molecule has 1 aliphatic heterocycles. The van der Waals surface area contributed by atoms with E-state index in [1.54, 1.807) is 23.9 Å². The number of carbonyl (C=O) groups excluding carboxylic acids is 1. The Hall–Kier alpha value is -3.46. The van der Waals surface area contributed by atoms with E-state index in [-0.39, 0.29) is 5.91 Å². The van der Waals surface area contributed by atoms with Gasteiger partial charge in [0.05, 0.1) is 29.4 Å². The smallest absolute Gasteiger partial charge is 0.223 e. The summed E-state index contributed by atoms with van der Waals surface area (Å²) in [5.74, 6) is 2.19. The van der Waals surface area contributed by atoms with Gasteiger partial charge < -0.3 is 15.0 Å². The van der Waals surface area contributed by atoms with Crippen molar-refractivity contribution in [1.82, 2.24) is 25.1 Å². The van der Waals surface area contributed by atoms with Crippen LogP contribution in [0.25, 0.3) is 21.1 Å². The number of amides is 1. The standard InChI is InChI=1S/C25H26N6O2S/c1-2-33-20-12-18-16(13-28-30-18)11-19(20)29-24-23-17-6-5-15(10-22(32)31-7-3-4-8-31)9-21(17)34-25(23)27-14-26-24/h3-4,11-15H,2,5-10H2,1H3,(H,28,30)(H,26,27,29). The highest BCUT2D eigenvalue weighted by Gasteiger charge is 2.28. The summed E-state index contributed by atoms with van der Waals surface area (Å²) in [4.78, 5) is 26.1. The van der Waals surface area contributed by atoms with Crippen molar-refractivity contribution in [3.05, 3.63) is 47.2 Å². The van der Waals surface area contributed by atoms with Crippen LogP contribution in [0.3, 0.4) is 0 Å². The van der Waals surface area contributed by atoms with E-state index < -0.39 is 0 Å². The molecule has 1 amide bonds. The largest absolute Gasteiger partial charge is 0.492 e. The molecule has 174 valence electrons. The number of aromatic amines is 1. The minimum absolute atomic E-state index is 0.264. The average molecular weight is 475 g/mol. The molecular weight excluding hydrogens is 448 g/mol. The number of aryl methyl sites for hydroxylation is 1. The van der Waals surface area contributed by atoms with Crippen LogP contribution in [-0.4, -0.2) is 50.7 Å². The molecule has 8 nitrogen and oxygen atoms in total. The molecule has 0 saturated carbocycles. The second-order valence-electron chi connectivity index (χ2n) is 8.85. The van der Waals surface area contributed by atoms with Crippen molar-refractivity contribution in [2.45, 2.75) is 32.6 Å². The van der Waals surface area contributed by atoms with Crippen LogP contribution >= 0.6 is 11.3 Å². The second-order valence-corrected chi connectivity index (χ2v) is 9.94. The third-order valence-corrected chi connectivity index (χ3v) is 7.84. The first-order valence-corrected chi connectivity index (χ1v) is 12.6. The molecule has 6 rings (SSSR count). The number of H-pyrrole nitrogens is 1. The number of hydrogen-bond acceptors (Lipinski definition) is 7. The Kier molecular flexibility index (Phi) is 5.41. The normalized spacial score (nSPS) is 17.4. The van der Waals surface area contributed by atoms with Gasteiger partial charge in [0.1, 0.15) is 22.7 Å². The predicted molar refractivity (Wildman–Crippen MR) is 134 cm³/mol. The molecule has 0 spiro atoms. The molecule has 0 saturated heterocycles. The lowest BCUT2D eigenvalue weighted by molar-refractivity contribution is -0.130. The molecule has 1 atom stereocenters. The topological polar surface area (TPSA) is 96.0 Å². The van der Waals surface area contributed by atoms with Crippen molar-refractivity contribution in [3.63, 3.8) is 0 Å². The number of nitrogens with one attached hydrogen (secondary N) is 2. The van der Waals surface area contributed by atoms with Crippen LogP contribution in [0.1, 0.15) is 30.2 Å². The van der Waals surface area contributed by atoms with Crippen LogP contribution in [0, 0.1) is 5.92 Å². The summed E-state index contributed by atoms with van der Waals surface area (Å²) < 4.78 is 5.89. The van der Waals surface area contributed by atoms with E-state index in [1.807, 2.05) is 24.0 Å². The number of ether oxygens (including phenoxy) is 1. The Bertz CT molecular complexity index is 1400. The van der Waals surface area contributed by atoms with E-state index in [0.29, 0.717) is 18.9 Å². The SMILES string of the molecule is CCOc1cc2[nH]ncc2cc1Nc1ncnc2sc3c(c12)CCC(CC(=O)N1CC=CC1)C3.